The van der Waals surface area contributed by atoms with Gasteiger partial charge in [0.25, 0.3) is 0 Å². The predicted octanol–water partition coefficient (Wildman–Crippen LogP) is 9.13. The van der Waals surface area contributed by atoms with E-state index in [1.54, 1.807) is 60.7 Å². The molecule has 47 heavy (non-hydrogen) atoms. The summed E-state index contributed by atoms with van der Waals surface area (Å²) in [6.07, 6.45) is 13.9. The van der Waals surface area contributed by atoms with Gasteiger partial charge in [-0.15, -0.1) is 0 Å². The highest BCUT2D eigenvalue weighted by atomic mass is 16.4. The summed E-state index contributed by atoms with van der Waals surface area (Å²) in [7, 11) is 0. The molecular weight excluding hydrogens is 588 g/mol. The molecule has 3 saturated carbocycles. The topological polar surface area (TPSA) is 115 Å². The Balaban J connectivity index is 0.000000225. The van der Waals surface area contributed by atoms with Gasteiger partial charge in [0.1, 0.15) is 0 Å². The van der Waals surface area contributed by atoms with Gasteiger partial charge in [-0.3, -0.25) is 0 Å². The number of aliphatic hydroxyl groups is 2. The quantitative estimate of drug-likeness (QED) is 0.223. The van der Waals surface area contributed by atoms with Crippen LogP contribution in [0.4, 0.5) is 0 Å². The van der Waals surface area contributed by atoms with E-state index in [1.165, 1.54) is 50.5 Å². The average molecular weight is 647 g/mol. The van der Waals surface area contributed by atoms with Crippen molar-refractivity contribution in [3.63, 3.8) is 0 Å². The molecule has 4 N–H and O–H groups in total. The number of aromatic carboxylic acids is 2. The number of hydrogen-bond acceptors (Lipinski definition) is 4. The van der Waals surface area contributed by atoms with E-state index in [0.717, 1.165) is 37.0 Å². The van der Waals surface area contributed by atoms with E-state index in [-0.39, 0.29) is 17.6 Å². The second-order valence-electron chi connectivity index (χ2n) is 15.7. The van der Waals surface area contributed by atoms with Crippen LogP contribution in [0, 0.1) is 46.3 Å². The number of carbonyl (C=O) groups is 2. The Bertz CT molecular complexity index is 1290. The van der Waals surface area contributed by atoms with Gasteiger partial charge in [0, 0.05) is 0 Å². The van der Waals surface area contributed by atoms with Crippen molar-refractivity contribution in [2.24, 2.45) is 46.3 Å². The first-order valence-corrected chi connectivity index (χ1v) is 17.9. The lowest BCUT2D eigenvalue weighted by Gasteiger charge is -2.59. The van der Waals surface area contributed by atoms with Crippen molar-refractivity contribution in [1.29, 1.82) is 0 Å². The van der Waals surface area contributed by atoms with Crippen LogP contribution < -0.4 is 0 Å². The van der Waals surface area contributed by atoms with E-state index in [0.29, 0.717) is 34.3 Å². The fraction of sp³-hybridized carbons (Fsp3) is 0.610. The molecule has 2 aromatic carbocycles. The van der Waals surface area contributed by atoms with Gasteiger partial charge in [0.2, 0.25) is 0 Å². The molecule has 0 amide bonds. The molecule has 3 fully saturated rings. The highest BCUT2D eigenvalue weighted by Crippen LogP contribution is 2.67. The number of fused-ring (bicyclic) bond motifs is 5. The molecule has 6 rings (SSSR count). The molecular formula is C41H58O6. The zero-order valence-corrected chi connectivity index (χ0v) is 29.1. The van der Waals surface area contributed by atoms with Gasteiger partial charge >= 0.3 is 11.9 Å². The first kappa shape index (κ1) is 36.9. The fourth-order valence-electron chi connectivity index (χ4n) is 9.82. The Morgan fingerprint density at radius 3 is 1.85 bits per heavy atom. The standard InChI is InChI=1S/C27H46O2.2C7H6O2/c1-17(2)7-6-8-18(3)21-9-10-22-25-23(12-14-27(21,22)5)26(4)13-11-20(28)15-19(26)16-24(25)29;2*8-7(9)6-4-2-1-3-5-6/h16-18,20-25,28-29H,6-15H2,1-5H3;2*1-5H,(H,8,9)/t18-,20+,21-,22+,23+,24?,25+,26+,27-;;/m1../s1. The van der Waals surface area contributed by atoms with Gasteiger partial charge in [-0.05, 0) is 116 Å². The maximum atomic E-state index is 11.3. The molecule has 2 aromatic rings. The first-order valence-electron chi connectivity index (χ1n) is 17.9. The first-order chi connectivity index (χ1) is 22.3. The molecule has 0 saturated heterocycles. The third kappa shape index (κ3) is 8.56. The SMILES string of the molecule is CC(C)CCC[C@@H](C)[C@H]1CC[C@H]2[C@@H]3C(O)C=C4C[C@@H](O)CC[C@]4(C)[C@H]3CC[C@]12C.O=C(O)c1ccccc1.O=C(O)c1ccccc1. The van der Waals surface area contributed by atoms with Crippen LogP contribution in [0.1, 0.15) is 120 Å². The van der Waals surface area contributed by atoms with Gasteiger partial charge in [0.15, 0.2) is 0 Å². The smallest absolute Gasteiger partial charge is 0.335 e. The van der Waals surface area contributed by atoms with Crippen LogP contribution in [0.3, 0.4) is 0 Å². The van der Waals surface area contributed by atoms with Crippen molar-refractivity contribution in [3.05, 3.63) is 83.4 Å². The maximum Gasteiger partial charge on any atom is 0.335 e. The summed E-state index contributed by atoms with van der Waals surface area (Å²) >= 11 is 0. The molecule has 6 heteroatoms. The van der Waals surface area contributed by atoms with Gasteiger partial charge in [-0.25, -0.2) is 9.59 Å². The lowest BCUT2D eigenvalue weighted by atomic mass is 9.46. The maximum absolute atomic E-state index is 11.3. The van der Waals surface area contributed by atoms with Crippen LogP contribution in [0.15, 0.2) is 72.3 Å². The molecule has 0 aliphatic heterocycles. The molecule has 1 unspecified atom stereocenters. The Hall–Kier alpha value is -2.96. The molecule has 0 aromatic heterocycles. The monoisotopic (exact) mass is 646 g/mol. The minimum atomic E-state index is -0.879. The molecule has 0 heterocycles. The van der Waals surface area contributed by atoms with Crippen LogP contribution in [0.5, 0.6) is 0 Å². The second kappa shape index (κ2) is 16.0. The second-order valence-corrected chi connectivity index (χ2v) is 15.7. The van der Waals surface area contributed by atoms with Crippen molar-refractivity contribution in [3.8, 4) is 0 Å². The largest absolute Gasteiger partial charge is 0.478 e. The average Bonchev–Trinajstić information content (AvgIpc) is 3.40. The van der Waals surface area contributed by atoms with Crippen LogP contribution in [0.25, 0.3) is 0 Å². The Morgan fingerprint density at radius 2 is 1.34 bits per heavy atom. The van der Waals surface area contributed by atoms with Crippen molar-refractivity contribution < 1.29 is 30.0 Å². The molecule has 0 spiro atoms. The van der Waals surface area contributed by atoms with Crippen molar-refractivity contribution >= 4 is 11.9 Å². The van der Waals surface area contributed by atoms with E-state index in [1.807, 2.05) is 0 Å². The van der Waals surface area contributed by atoms with Gasteiger partial charge in [-0.1, -0.05) is 102 Å². The molecule has 0 bridgehead atoms. The van der Waals surface area contributed by atoms with Crippen LogP contribution in [-0.2, 0) is 0 Å². The number of carboxylic acid groups (broad SMARTS) is 2. The number of hydrogen-bond donors (Lipinski definition) is 4. The molecule has 4 aliphatic carbocycles. The summed E-state index contributed by atoms with van der Waals surface area (Å²) in [5, 5.41) is 38.3. The fourth-order valence-corrected chi connectivity index (χ4v) is 9.82. The van der Waals surface area contributed by atoms with Gasteiger partial charge in [-0.2, -0.15) is 0 Å². The third-order valence-electron chi connectivity index (χ3n) is 12.3. The van der Waals surface area contributed by atoms with Gasteiger partial charge in [0.05, 0.1) is 23.3 Å². The summed E-state index contributed by atoms with van der Waals surface area (Å²) < 4.78 is 0. The summed E-state index contributed by atoms with van der Waals surface area (Å²) in [5.41, 5.74) is 2.65. The number of carboxylic acids is 2. The Morgan fingerprint density at radius 1 is 0.766 bits per heavy atom. The minimum absolute atomic E-state index is 0.200. The number of rotatable bonds is 7. The summed E-state index contributed by atoms with van der Waals surface area (Å²) in [6.45, 7) is 12.2. The highest BCUT2D eigenvalue weighted by Gasteiger charge is 2.61. The van der Waals surface area contributed by atoms with Crippen LogP contribution >= 0.6 is 0 Å². The summed E-state index contributed by atoms with van der Waals surface area (Å²) in [4.78, 5) is 20.4. The third-order valence-corrected chi connectivity index (χ3v) is 12.3. The van der Waals surface area contributed by atoms with Gasteiger partial charge < -0.3 is 20.4 Å². The van der Waals surface area contributed by atoms with Crippen LogP contribution in [-0.4, -0.2) is 44.6 Å². The van der Waals surface area contributed by atoms with E-state index >= 15 is 0 Å². The summed E-state index contributed by atoms with van der Waals surface area (Å²) in [5.74, 6) is 2.43. The molecule has 9 atom stereocenters. The lowest BCUT2D eigenvalue weighted by molar-refractivity contribution is -0.0970. The zero-order valence-electron chi connectivity index (χ0n) is 29.1. The minimum Gasteiger partial charge on any atom is -0.478 e. The van der Waals surface area contributed by atoms with Crippen molar-refractivity contribution in [2.75, 3.05) is 0 Å². The van der Waals surface area contributed by atoms with E-state index in [2.05, 4.69) is 40.7 Å². The Kier molecular flexibility index (Phi) is 12.5. The van der Waals surface area contributed by atoms with Crippen LogP contribution in [0.2, 0.25) is 0 Å². The molecule has 4 aliphatic rings. The summed E-state index contributed by atoms with van der Waals surface area (Å²) in [6, 6.07) is 16.6. The normalized spacial score (nSPS) is 33.0. The Labute approximate surface area is 282 Å². The van der Waals surface area contributed by atoms with Crippen molar-refractivity contribution in [2.45, 2.75) is 111 Å². The van der Waals surface area contributed by atoms with E-state index < -0.39 is 11.9 Å². The van der Waals surface area contributed by atoms with E-state index in [9.17, 15) is 19.8 Å². The number of benzene rings is 2. The number of aliphatic hydroxyl groups excluding tert-OH is 2. The van der Waals surface area contributed by atoms with E-state index in [4.69, 9.17) is 10.2 Å². The highest BCUT2D eigenvalue weighted by molar-refractivity contribution is 5.87. The molecule has 6 nitrogen and oxygen atoms in total. The predicted molar refractivity (Wildman–Crippen MR) is 187 cm³/mol. The molecule has 258 valence electrons. The van der Waals surface area contributed by atoms with Crippen molar-refractivity contribution in [1.82, 2.24) is 0 Å². The molecule has 0 radical (unpaired) electrons. The lowest BCUT2D eigenvalue weighted by Crippen LogP contribution is -2.54. The zero-order chi connectivity index (χ0) is 34.4.